The number of rotatable bonds is 7. The first-order valence-corrected chi connectivity index (χ1v) is 13.4. The van der Waals surface area contributed by atoms with Gasteiger partial charge in [-0.1, -0.05) is 6.92 Å². The smallest absolute Gasteiger partial charge is 0.416 e. The summed E-state index contributed by atoms with van der Waals surface area (Å²) >= 11 is 3.35. The SMILES string of the molecule is CCOC(=O)N1c2ccc(C(F)(F)F)cc2[C@H](C(c2cc(OC)cc(OC)c2)c2ncc(Br)cn2)C[C@@]1(N)CC. The average Bonchev–Trinajstić information content (AvgIpc) is 2.93. The van der Waals surface area contributed by atoms with Crippen molar-refractivity contribution in [1.82, 2.24) is 9.97 Å². The molecule has 1 amide bonds. The molecule has 3 aromatic rings. The van der Waals surface area contributed by atoms with Gasteiger partial charge in [0, 0.05) is 24.4 Å². The molecule has 12 heteroatoms. The number of ether oxygens (including phenoxy) is 3. The summed E-state index contributed by atoms with van der Waals surface area (Å²) in [6.45, 7) is 3.55. The van der Waals surface area contributed by atoms with Crippen LogP contribution in [0.2, 0.25) is 0 Å². The van der Waals surface area contributed by atoms with Gasteiger partial charge in [-0.2, -0.15) is 13.2 Å². The predicted molar refractivity (Wildman–Crippen MR) is 147 cm³/mol. The van der Waals surface area contributed by atoms with Gasteiger partial charge in [-0.25, -0.2) is 14.8 Å². The molecule has 2 heterocycles. The maximum absolute atomic E-state index is 14.0. The Morgan fingerprint density at radius 1 is 1.12 bits per heavy atom. The van der Waals surface area contributed by atoms with Crippen LogP contribution in [0.25, 0.3) is 0 Å². The summed E-state index contributed by atoms with van der Waals surface area (Å²) in [5, 5.41) is 0. The van der Waals surface area contributed by atoms with Gasteiger partial charge in [-0.05, 0) is 77.2 Å². The van der Waals surface area contributed by atoms with E-state index in [0.29, 0.717) is 33.8 Å². The Hall–Kier alpha value is -3.38. The fourth-order valence-electron chi connectivity index (χ4n) is 5.17. The lowest BCUT2D eigenvalue weighted by Crippen LogP contribution is -2.62. The van der Waals surface area contributed by atoms with Gasteiger partial charge in [-0.3, -0.25) is 4.90 Å². The van der Waals surface area contributed by atoms with Crippen LogP contribution in [0.15, 0.2) is 53.3 Å². The second-order valence-corrected chi connectivity index (χ2v) is 10.4. The topological polar surface area (TPSA) is 99.8 Å². The average molecular weight is 623 g/mol. The quantitative estimate of drug-likeness (QED) is 0.316. The van der Waals surface area contributed by atoms with Gasteiger partial charge in [0.2, 0.25) is 0 Å². The third kappa shape index (κ3) is 5.73. The van der Waals surface area contributed by atoms with Crippen molar-refractivity contribution in [2.24, 2.45) is 5.73 Å². The van der Waals surface area contributed by atoms with E-state index in [9.17, 15) is 18.0 Å². The van der Waals surface area contributed by atoms with Crippen molar-refractivity contribution in [3.8, 4) is 11.5 Å². The van der Waals surface area contributed by atoms with E-state index in [0.717, 1.165) is 12.1 Å². The summed E-state index contributed by atoms with van der Waals surface area (Å²) < 4.78 is 58.8. The van der Waals surface area contributed by atoms with Crippen molar-refractivity contribution in [1.29, 1.82) is 0 Å². The molecule has 8 nitrogen and oxygen atoms in total. The summed E-state index contributed by atoms with van der Waals surface area (Å²) in [6, 6.07) is 8.54. The molecule has 0 saturated heterocycles. The molecule has 2 N–H and O–H groups in total. The molecule has 214 valence electrons. The molecule has 1 aliphatic heterocycles. The van der Waals surface area contributed by atoms with Crippen LogP contribution < -0.4 is 20.1 Å². The zero-order chi connectivity index (χ0) is 29.2. The van der Waals surface area contributed by atoms with Crippen molar-refractivity contribution in [2.75, 3.05) is 25.7 Å². The molecule has 2 aromatic carbocycles. The van der Waals surface area contributed by atoms with Crippen LogP contribution in [0.5, 0.6) is 11.5 Å². The Morgan fingerprint density at radius 3 is 2.27 bits per heavy atom. The van der Waals surface area contributed by atoms with Crippen LogP contribution in [0.1, 0.15) is 61.0 Å². The van der Waals surface area contributed by atoms with Crippen molar-refractivity contribution >= 4 is 27.7 Å². The Bertz CT molecular complexity index is 1350. The lowest BCUT2D eigenvalue weighted by atomic mass is 9.71. The molecular formula is C28H30BrF3N4O4. The van der Waals surface area contributed by atoms with Gasteiger partial charge < -0.3 is 19.9 Å². The van der Waals surface area contributed by atoms with Crippen LogP contribution in [-0.4, -0.2) is 42.6 Å². The monoisotopic (exact) mass is 622 g/mol. The number of hydrogen-bond acceptors (Lipinski definition) is 7. The number of carbonyl (C=O) groups is 1. The Balaban J connectivity index is 2.04. The van der Waals surface area contributed by atoms with Crippen molar-refractivity contribution in [2.45, 2.75) is 50.4 Å². The molecule has 3 atom stereocenters. The lowest BCUT2D eigenvalue weighted by molar-refractivity contribution is -0.137. The number of aromatic nitrogens is 2. The number of amides is 1. The molecule has 4 rings (SSSR count). The van der Waals surface area contributed by atoms with Crippen LogP contribution in [0, 0.1) is 0 Å². The molecule has 0 bridgehead atoms. The minimum absolute atomic E-state index is 0.0769. The third-order valence-electron chi connectivity index (χ3n) is 7.13. The molecule has 40 heavy (non-hydrogen) atoms. The number of alkyl halides is 3. The van der Waals surface area contributed by atoms with E-state index in [4.69, 9.17) is 19.9 Å². The van der Waals surface area contributed by atoms with Gasteiger partial charge in [0.05, 0.1) is 48.1 Å². The van der Waals surface area contributed by atoms with E-state index in [1.807, 2.05) is 6.92 Å². The third-order valence-corrected chi connectivity index (χ3v) is 7.54. The number of fused-ring (bicyclic) bond motifs is 1. The highest BCUT2D eigenvalue weighted by Crippen LogP contribution is 2.52. The fraction of sp³-hybridized carbons (Fsp3) is 0.393. The Kier molecular flexibility index (Phi) is 8.60. The number of carbonyl (C=O) groups excluding carboxylic acids is 1. The first-order chi connectivity index (χ1) is 18.9. The van der Waals surface area contributed by atoms with Crippen molar-refractivity contribution in [3.63, 3.8) is 0 Å². The second-order valence-electron chi connectivity index (χ2n) is 9.46. The van der Waals surface area contributed by atoms with Gasteiger partial charge in [0.15, 0.2) is 0 Å². The van der Waals surface area contributed by atoms with E-state index < -0.39 is 35.3 Å². The normalized spacial score (nSPS) is 19.5. The minimum atomic E-state index is -4.61. The maximum Gasteiger partial charge on any atom is 0.416 e. The number of benzene rings is 2. The second kappa shape index (κ2) is 11.6. The summed E-state index contributed by atoms with van der Waals surface area (Å²) in [6.07, 6.45) is -1.80. The predicted octanol–water partition coefficient (Wildman–Crippen LogP) is 6.62. The van der Waals surface area contributed by atoms with Crippen LogP contribution in [0.4, 0.5) is 23.7 Å². The van der Waals surface area contributed by atoms with E-state index >= 15 is 0 Å². The largest absolute Gasteiger partial charge is 0.497 e. The number of anilines is 1. The highest BCUT2D eigenvalue weighted by molar-refractivity contribution is 9.10. The van der Waals surface area contributed by atoms with E-state index in [2.05, 4.69) is 25.9 Å². The molecule has 0 aliphatic carbocycles. The summed E-state index contributed by atoms with van der Waals surface area (Å²) in [5.41, 5.74) is 5.94. The van der Waals surface area contributed by atoms with E-state index in [1.54, 1.807) is 37.5 Å². The number of methoxy groups -OCH3 is 2. The minimum Gasteiger partial charge on any atom is -0.497 e. The first kappa shape index (κ1) is 29.6. The highest BCUT2D eigenvalue weighted by atomic mass is 79.9. The standard InChI is InChI=1S/C28H30BrF3N4O4/c1-5-27(33)13-22(21-11-17(28(30,31)32)7-8-23(21)36(27)26(37)40-6-2)24(25-34-14-18(29)15-35-25)16-9-19(38-3)12-20(10-16)39-4/h7-12,14-15,22,24H,5-6,13,33H2,1-4H3/t22-,24?,27-/m1/s1. The molecule has 0 saturated carbocycles. The molecule has 0 spiro atoms. The zero-order valence-electron chi connectivity index (χ0n) is 22.5. The van der Waals surface area contributed by atoms with Crippen molar-refractivity contribution < 1.29 is 32.2 Å². The van der Waals surface area contributed by atoms with Gasteiger partial charge in [0.25, 0.3) is 0 Å². The van der Waals surface area contributed by atoms with E-state index in [-0.39, 0.29) is 24.3 Å². The zero-order valence-corrected chi connectivity index (χ0v) is 24.0. The molecule has 0 fully saturated rings. The molecule has 1 aliphatic rings. The van der Waals surface area contributed by atoms with Gasteiger partial charge in [0.1, 0.15) is 17.3 Å². The number of halogens is 4. The first-order valence-electron chi connectivity index (χ1n) is 12.6. The maximum atomic E-state index is 14.0. The van der Waals surface area contributed by atoms with Gasteiger partial charge in [-0.15, -0.1) is 0 Å². The summed E-state index contributed by atoms with van der Waals surface area (Å²) in [7, 11) is 3.02. The highest BCUT2D eigenvalue weighted by Gasteiger charge is 2.49. The van der Waals surface area contributed by atoms with Gasteiger partial charge >= 0.3 is 12.3 Å². The lowest BCUT2D eigenvalue weighted by Gasteiger charge is -2.48. The summed E-state index contributed by atoms with van der Waals surface area (Å²) in [4.78, 5) is 23.5. The number of nitrogens with zero attached hydrogens (tertiary/aromatic N) is 3. The molecule has 0 radical (unpaired) electrons. The molecular weight excluding hydrogens is 593 g/mol. The van der Waals surface area contributed by atoms with Crippen LogP contribution in [-0.2, 0) is 10.9 Å². The number of hydrogen-bond donors (Lipinski definition) is 1. The van der Waals surface area contributed by atoms with Crippen LogP contribution in [0.3, 0.4) is 0 Å². The fourth-order valence-corrected chi connectivity index (χ4v) is 5.38. The molecule has 1 aromatic heterocycles. The molecule has 1 unspecified atom stereocenters. The van der Waals surface area contributed by atoms with Crippen LogP contribution >= 0.6 is 15.9 Å². The van der Waals surface area contributed by atoms with Crippen molar-refractivity contribution in [3.05, 3.63) is 75.8 Å². The van der Waals surface area contributed by atoms with E-state index in [1.165, 1.54) is 25.2 Å². The Morgan fingerprint density at radius 2 is 1.75 bits per heavy atom. The number of nitrogens with two attached hydrogens (primary N) is 1. The summed E-state index contributed by atoms with van der Waals surface area (Å²) in [5.74, 6) is -0.0302. The Labute approximate surface area is 238 Å².